The van der Waals surface area contributed by atoms with Gasteiger partial charge in [-0.1, -0.05) is 17.7 Å². The van der Waals surface area contributed by atoms with Crippen LogP contribution in [0.4, 0.5) is 0 Å². The number of likely N-dealkylation sites (tertiary alicyclic amines) is 2. The van der Waals surface area contributed by atoms with Crippen LogP contribution >= 0.6 is 11.6 Å². The highest BCUT2D eigenvalue weighted by molar-refractivity contribution is 7.90. The van der Waals surface area contributed by atoms with Crippen LogP contribution in [0.3, 0.4) is 0 Å². The molecule has 1 aromatic carbocycles. The summed E-state index contributed by atoms with van der Waals surface area (Å²) < 4.78 is 28.4. The van der Waals surface area contributed by atoms with E-state index in [-0.39, 0.29) is 5.75 Å². The maximum absolute atomic E-state index is 11.4. The third kappa shape index (κ3) is 4.67. The summed E-state index contributed by atoms with van der Waals surface area (Å²) in [5.74, 6) is 0.991. The molecular weight excluding hydrogens is 360 g/mol. The van der Waals surface area contributed by atoms with E-state index in [0.717, 1.165) is 38.2 Å². The standard InChI is InChI=1S/C18H27ClN2O3S/c1-3-24-18-5-4-14(12-15(18)19)13-21-9-7-16-17(21)6-8-20(16)10-11-25(2,22)23/h4-5,12,16-17H,3,6-11,13H2,1-2H3/t16-,17-/m0/s1. The zero-order valence-electron chi connectivity index (χ0n) is 14.9. The molecule has 0 saturated carbocycles. The Morgan fingerprint density at radius 1 is 1.20 bits per heavy atom. The summed E-state index contributed by atoms with van der Waals surface area (Å²) in [4.78, 5) is 4.87. The number of halogens is 1. The topological polar surface area (TPSA) is 49.9 Å². The maximum Gasteiger partial charge on any atom is 0.148 e. The number of hydrogen-bond donors (Lipinski definition) is 0. The summed E-state index contributed by atoms with van der Waals surface area (Å²) in [6.45, 7) is 6.14. The number of benzene rings is 1. The molecule has 0 amide bonds. The van der Waals surface area contributed by atoms with Gasteiger partial charge >= 0.3 is 0 Å². The van der Waals surface area contributed by atoms with Gasteiger partial charge in [0.2, 0.25) is 0 Å². The molecule has 0 aromatic heterocycles. The molecule has 0 bridgehead atoms. The SMILES string of the molecule is CCOc1ccc(CN2CC[C@H]3[C@@H]2CCN3CCS(C)(=O)=O)cc1Cl. The normalized spacial score (nSPS) is 24.6. The van der Waals surface area contributed by atoms with E-state index in [2.05, 4.69) is 15.9 Å². The van der Waals surface area contributed by atoms with Gasteiger partial charge in [0.1, 0.15) is 15.6 Å². The van der Waals surface area contributed by atoms with Crippen molar-refractivity contribution in [2.24, 2.45) is 0 Å². The van der Waals surface area contributed by atoms with Crippen molar-refractivity contribution in [3.63, 3.8) is 0 Å². The number of hydrogen-bond acceptors (Lipinski definition) is 5. The lowest BCUT2D eigenvalue weighted by atomic mass is 10.1. The maximum atomic E-state index is 11.4. The number of ether oxygens (including phenoxy) is 1. The monoisotopic (exact) mass is 386 g/mol. The molecule has 2 saturated heterocycles. The molecule has 0 unspecified atom stereocenters. The van der Waals surface area contributed by atoms with Gasteiger partial charge < -0.3 is 4.74 Å². The minimum atomic E-state index is -2.90. The number of nitrogens with zero attached hydrogens (tertiary/aromatic N) is 2. The fourth-order valence-corrected chi connectivity index (χ4v) is 4.90. The summed E-state index contributed by atoms with van der Waals surface area (Å²) in [7, 11) is -2.90. The van der Waals surface area contributed by atoms with Crippen LogP contribution in [-0.4, -0.2) is 68.6 Å². The molecule has 0 aliphatic carbocycles. The predicted octanol–water partition coefficient (Wildman–Crippen LogP) is 2.43. The summed E-state index contributed by atoms with van der Waals surface area (Å²) in [5.41, 5.74) is 1.20. The highest BCUT2D eigenvalue weighted by atomic mass is 35.5. The lowest BCUT2D eigenvalue weighted by Crippen LogP contribution is -2.38. The quantitative estimate of drug-likeness (QED) is 0.720. The molecular formula is C18H27ClN2O3S. The Morgan fingerprint density at radius 2 is 1.88 bits per heavy atom. The molecule has 3 rings (SSSR count). The van der Waals surface area contributed by atoms with Crippen molar-refractivity contribution in [3.8, 4) is 5.75 Å². The molecule has 0 N–H and O–H groups in total. The summed E-state index contributed by atoms with van der Waals surface area (Å²) in [6, 6.07) is 7.03. The van der Waals surface area contributed by atoms with E-state index in [9.17, 15) is 8.42 Å². The Balaban J connectivity index is 1.60. The molecule has 5 nitrogen and oxygen atoms in total. The lowest BCUT2D eigenvalue weighted by molar-refractivity contribution is 0.222. The molecule has 2 heterocycles. The Labute approximate surface area is 155 Å². The van der Waals surface area contributed by atoms with Crippen LogP contribution in [0.2, 0.25) is 5.02 Å². The lowest BCUT2D eigenvalue weighted by Gasteiger charge is -2.25. The number of sulfone groups is 1. The summed E-state index contributed by atoms with van der Waals surface area (Å²) in [6.07, 6.45) is 3.54. The van der Waals surface area contributed by atoms with Crippen LogP contribution in [0, 0.1) is 0 Å². The van der Waals surface area contributed by atoms with E-state index >= 15 is 0 Å². The first-order chi connectivity index (χ1) is 11.9. The zero-order chi connectivity index (χ0) is 18.0. The second-order valence-corrected chi connectivity index (χ2v) is 9.71. The fraction of sp³-hybridized carbons (Fsp3) is 0.667. The van der Waals surface area contributed by atoms with Crippen molar-refractivity contribution in [2.75, 3.05) is 38.2 Å². The minimum Gasteiger partial charge on any atom is -0.492 e. The molecule has 2 aliphatic heterocycles. The molecule has 140 valence electrons. The van der Waals surface area contributed by atoms with Gasteiger partial charge in [0.05, 0.1) is 17.4 Å². The number of fused-ring (bicyclic) bond motifs is 1. The van der Waals surface area contributed by atoms with E-state index in [1.807, 2.05) is 19.1 Å². The second kappa shape index (κ2) is 7.82. The van der Waals surface area contributed by atoms with Gasteiger partial charge in [-0.3, -0.25) is 9.80 Å². The van der Waals surface area contributed by atoms with Gasteiger partial charge in [-0.2, -0.15) is 0 Å². The molecule has 2 aliphatic rings. The van der Waals surface area contributed by atoms with Crippen molar-refractivity contribution < 1.29 is 13.2 Å². The van der Waals surface area contributed by atoms with Crippen molar-refractivity contribution in [1.82, 2.24) is 9.80 Å². The van der Waals surface area contributed by atoms with E-state index in [4.69, 9.17) is 16.3 Å². The first-order valence-electron chi connectivity index (χ1n) is 8.94. The van der Waals surface area contributed by atoms with Gasteiger partial charge in [-0.25, -0.2) is 8.42 Å². The molecule has 25 heavy (non-hydrogen) atoms. The largest absolute Gasteiger partial charge is 0.492 e. The molecule has 0 spiro atoms. The van der Waals surface area contributed by atoms with Crippen LogP contribution in [-0.2, 0) is 16.4 Å². The van der Waals surface area contributed by atoms with Gasteiger partial charge in [-0.15, -0.1) is 0 Å². The second-order valence-electron chi connectivity index (χ2n) is 7.05. The van der Waals surface area contributed by atoms with Gasteiger partial charge in [0, 0.05) is 44.5 Å². The van der Waals surface area contributed by atoms with Crippen LogP contribution in [0.5, 0.6) is 5.75 Å². The minimum absolute atomic E-state index is 0.255. The van der Waals surface area contributed by atoms with Gasteiger partial charge in [0.15, 0.2) is 0 Å². The van der Waals surface area contributed by atoms with Crippen LogP contribution in [0.15, 0.2) is 18.2 Å². The Hall–Kier alpha value is -0.820. The van der Waals surface area contributed by atoms with Crippen LogP contribution in [0.25, 0.3) is 0 Å². The highest BCUT2D eigenvalue weighted by Crippen LogP contribution is 2.33. The third-order valence-corrected chi connectivity index (χ3v) is 6.46. The first-order valence-corrected chi connectivity index (χ1v) is 11.4. The van der Waals surface area contributed by atoms with Gasteiger partial charge in [-0.05, 0) is 37.5 Å². The fourth-order valence-electron chi connectivity index (χ4n) is 4.07. The molecule has 7 heteroatoms. The molecule has 2 atom stereocenters. The van der Waals surface area contributed by atoms with E-state index < -0.39 is 9.84 Å². The van der Waals surface area contributed by atoms with E-state index in [1.54, 1.807) is 0 Å². The van der Waals surface area contributed by atoms with Crippen molar-refractivity contribution >= 4 is 21.4 Å². The first kappa shape index (κ1) is 19.0. The summed E-state index contributed by atoms with van der Waals surface area (Å²) in [5, 5.41) is 0.663. The highest BCUT2D eigenvalue weighted by Gasteiger charge is 2.42. The van der Waals surface area contributed by atoms with E-state index in [0.29, 0.717) is 30.3 Å². The van der Waals surface area contributed by atoms with Crippen LogP contribution < -0.4 is 4.74 Å². The van der Waals surface area contributed by atoms with Crippen molar-refractivity contribution in [3.05, 3.63) is 28.8 Å². The van der Waals surface area contributed by atoms with Crippen molar-refractivity contribution in [1.29, 1.82) is 0 Å². The number of rotatable bonds is 7. The molecule has 0 radical (unpaired) electrons. The Bertz CT molecular complexity index is 710. The Morgan fingerprint density at radius 3 is 2.52 bits per heavy atom. The van der Waals surface area contributed by atoms with E-state index in [1.165, 1.54) is 11.8 Å². The molecule has 1 aromatic rings. The average molecular weight is 387 g/mol. The average Bonchev–Trinajstić information content (AvgIpc) is 3.11. The smallest absolute Gasteiger partial charge is 0.148 e. The predicted molar refractivity (Wildman–Crippen MR) is 101 cm³/mol. The third-order valence-electron chi connectivity index (χ3n) is 5.24. The van der Waals surface area contributed by atoms with Crippen molar-refractivity contribution in [2.45, 2.75) is 38.4 Å². The zero-order valence-corrected chi connectivity index (χ0v) is 16.5. The Kier molecular flexibility index (Phi) is 5.93. The van der Waals surface area contributed by atoms with Crippen LogP contribution in [0.1, 0.15) is 25.3 Å². The van der Waals surface area contributed by atoms with Gasteiger partial charge in [0.25, 0.3) is 0 Å². The molecule has 2 fully saturated rings. The summed E-state index contributed by atoms with van der Waals surface area (Å²) >= 11 is 6.30.